The number of hydrogen-bond donors (Lipinski definition) is 1. The highest BCUT2D eigenvalue weighted by Crippen LogP contribution is 2.38. The van der Waals surface area contributed by atoms with Gasteiger partial charge in [-0.3, -0.25) is 0 Å². The minimum atomic E-state index is 0.574. The van der Waals surface area contributed by atoms with Crippen molar-refractivity contribution < 1.29 is 0 Å². The van der Waals surface area contributed by atoms with Crippen molar-refractivity contribution in [2.24, 2.45) is 5.92 Å². The molecule has 1 aliphatic carbocycles. The molecule has 1 fully saturated rings. The van der Waals surface area contributed by atoms with Gasteiger partial charge in [-0.25, -0.2) is 0 Å². The first-order chi connectivity index (χ1) is 6.83. The van der Waals surface area contributed by atoms with E-state index in [4.69, 9.17) is 0 Å². The molecule has 0 bridgehead atoms. The second-order valence-electron chi connectivity index (χ2n) is 4.31. The first-order valence-corrected chi connectivity index (χ1v) is 5.55. The highest BCUT2D eigenvalue weighted by molar-refractivity contribution is 5.29. The maximum Gasteiger partial charge on any atom is 0.0348 e. The standard InChI is InChI=1S/C13H19N/c1-10-6-3-4-9-12(10)13(14-2)11-7-5-8-11/h3-4,6,9,11,13-14H,5,7-8H2,1-2H3. The largest absolute Gasteiger partial charge is 0.313 e. The molecule has 0 saturated heterocycles. The minimum Gasteiger partial charge on any atom is -0.313 e. The molecular weight excluding hydrogens is 170 g/mol. The summed E-state index contributed by atoms with van der Waals surface area (Å²) >= 11 is 0. The van der Waals surface area contributed by atoms with Crippen molar-refractivity contribution in [1.82, 2.24) is 5.32 Å². The van der Waals surface area contributed by atoms with Gasteiger partial charge in [0.05, 0.1) is 0 Å². The average molecular weight is 189 g/mol. The Morgan fingerprint density at radius 2 is 2.00 bits per heavy atom. The van der Waals surface area contributed by atoms with Gasteiger partial charge in [-0.05, 0) is 43.9 Å². The van der Waals surface area contributed by atoms with Crippen molar-refractivity contribution in [2.75, 3.05) is 7.05 Å². The van der Waals surface area contributed by atoms with Crippen molar-refractivity contribution in [2.45, 2.75) is 32.2 Å². The fourth-order valence-corrected chi connectivity index (χ4v) is 2.35. The summed E-state index contributed by atoms with van der Waals surface area (Å²) in [5, 5.41) is 3.46. The van der Waals surface area contributed by atoms with Crippen LogP contribution in [0.25, 0.3) is 0 Å². The second kappa shape index (κ2) is 4.14. The lowest BCUT2D eigenvalue weighted by Crippen LogP contribution is -2.30. The van der Waals surface area contributed by atoms with Crippen LogP contribution in [0, 0.1) is 12.8 Å². The summed E-state index contributed by atoms with van der Waals surface area (Å²) in [4.78, 5) is 0. The quantitative estimate of drug-likeness (QED) is 0.770. The molecule has 1 aromatic carbocycles. The van der Waals surface area contributed by atoms with Crippen molar-refractivity contribution in [3.8, 4) is 0 Å². The Morgan fingerprint density at radius 3 is 2.50 bits per heavy atom. The lowest BCUT2D eigenvalue weighted by atomic mass is 9.76. The molecule has 0 spiro atoms. The molecule has 0 radical (unpaired) electrons. The molecule has 1 aromatic rings. The van der Waals surface area contributed by atoms with E-state index in [1.54, 1.807) is 0 Å². The summed E-state index contributed by atoms with van der Waals surface area (Å²) < 4.78 is 0. The zero-order valence-corrected chi connectivity index (χ0v) is 9.09. The van der Waals surface area contributed by atoms with Crippen LogP contribution >= 0.6 is 0 Å². The summed E-state index contributed by atoms with van der Waals surface area (Å²) in [6, 6.07) is 9.30. The van der Waals surface area contributed by atoms with Gasteiger partial charge in [0.15, 0.2) is 0 Å². The van der Waals surface area contributed by atoms with E-state index in [9.17, 15) is 0 Å². The van der Waals surface area contributed by atoms with E-state index in [1.165, 1.54) is 30.4 Å². The third-order valence-electron chi connectivity index (χ3n) is 3.46. The van der Waals surface area contributed by atoms with Crippen LogP contribution < -0.4 is 5.32 Å². The predicted octanol–water partition coefficient (Wildman–Crippen LogP) is 3.06. The molecule has 0 aliphatic heterocycles. The Morgan fingerprint density at radius 1 is 1.29 bits per heavy atom. The third-order valence-corrected chi connectivity index (χ3v) is 3.46. The SMILES string of the molecule is CNC(c1ccccc1C)C1CCC1. The molecule has 14 heavy (non-hydrogen) atoms. The summed E-state index contributed by atoms with van der Waals surface area (Å²) in [5.74, 6) is 0.862. The maximum absolute atomic E-state index is 3.46. The molecule has 1 N–H and O–H groups in total. The number of rotatable bonds is 3. The Labute approximate surface area is 86.5 Å². The predicted molar refractivity (Wildman–Crippen MR) is 60.3 cm³/mol. The van der Waals surface area contributed by atoms with Gasteiger partial charge in [-0.1, -0.05) is 30.7 Å². The first-order valence-electron chi connectivity index (χ1n) is 5.55. The van der Waals surface area contributed by atoms with Crippen LogP contribution in [-0.4, -0.2) is 7.05 Å². The molecule has 0 aromatic heterocycles. The monoisotopic (exact) mass is 189 g/mol. The molecule has 1 heteroatoms. The van der Waals surface area contributed by atoms with Gasteiger partial charge in [0.2, 0.25) is 0 Å². The van der Waals surface area contributed by atoms with Gasteiger partial charge in [-0.2, -0.15) is 0 Å². The highest BCUT2D eigenvalue weighted by atomic mass is 14.9. The highest BCUT2D eigenvalue weighted by Gasteiger charge is 2.27. The van der Waals surface area contributed by atoms with Crippen LogP contribution in [0.1, 0.15) is 36.4 Å². The van der Waals surface area contributed by atoms with Crippen LogP contribution in [0.3, 0.4) is 0 Å². The van der Waals surface area contributed by atoms with Crippen LogP contribution in [0.4, 0.5) is 0 Å². The van der Waals surface area contributed by atoms with Gasteiger partial charge >= 0.3 is 0 Å². The Kier molecular flexibility index (Phi) is 2.87. The molecule has 1 unspecified atom stereocenters. The van der Waals surface area contributed by atoms with Crippen molar-refractivity contribution in [3.63, 3.8) is 0 Å². The molecule has 76 valence electrons. The molecule has 0 amide bonds. The summed E-state index contributed by atoms with van der Waals surface area (Å²) in [6.07, 6.45) is 4.19. The van der Waals surface area contributed by atoms with Gasteiger partial charge in [0.25, 0.3) is 0 Å². The van der Waals surface area contributed by atoms with Crippen molar-refractivity contribution >= 4 is 0 Å². The Bertz CT molecular complexity index is 302. The van der Waals surface area contributed by atoms with E-state index in [0.29, 0.717) is 6.04 Å². The number of aryl methyl sites for hydroxylation is 1. The van der Waals surface area contributed by atoms with E-state index in [1.807, 2.05) is 0 Å². The van der Waals surface area contributed by atoms with E-state index in [-0.39, 0.29) is 0 Å². The van der Waals surface area contributed by atoms with E-state index >= 15 is 0 Å². The zero-order valence-electron chi connectivity index (χ0n) is 9.09. The lowest BCUT2D eigenvalue weighted by molar-refractivity contribution is 0.239. The van der Waals surface area contributed by atoms with E-state index in [2.05, 4.69) is 43.6 Å². The summed E-state index contributed by atoms with van der Waals surface area (Å²) in [6.45, 7) is 2.21. The zero-order chi connectivity index (χ0) is 9.97. The summed E-state index contributed by atoms with van der Waals surface area (Å²) in [7, 11) is 2.08. The lowest BCUT2D eigenvalue weighted by Gasteiger charge is -2.34. The maximum atomic E-state index is 3.46. The van der Waals surface area contributed by atoms with Gasteiger partial charge in [0.1, 0.15) is 0 Å². The van der Waals surface area contributed by atoms with Gasteiger partial charge < -0.3 is 5.32 Å². The number of benzene rings is 1. The van der Waals surface area contributed by atoms with Crippen LogP contribution in [-0.2, 0) is 0 Å². The van der Waals surface area contributed by atoms with E-state index in [0.717, 1.165) is 5.92 Å². The van der Waals surface area contributed by atoms with Crippen molar-refractivity contribution in [1.29, 1.82) is 0 Å². The third kappa shape index (κ3) is 1.69. The molecule has 1 atom stereocenters. The Hall–Kier alpha value is -0.820. The number of hydrogen-bond acceptors (Lipinski definition) is 1. The van der Waals surface area contributed by atoms with Crippen LogP contribution in [0.2, 0.25) is 0 Å². The molecule has 1 saturated carbocycles. The Balaban J connectivity index is 2.22. The van der Waals surface area contributed by atoms with Crippen molar-refractivity contribution in [3.05, 3.63) is 35.4 Å². The second-order valence-corrected chi connectivity index (χ2v) is 4.31. The fraction of sp³-hybridized carbons (Fsp3) is 0.538. The molecule has 0 heterocycles. The van der Waals surface area contributed by atoms with Gasteiger partial charge in [0, 0.05) is 6.04 Å². The molecular formula is C13H19N. The minimum absolute atomic E-state index is 0.574. The molecule has 1 nitrogen and oxygen atoms in total. The molecule has 1 aliphatic rings. The topological polar surface area (TPSA) is 12.0 Å². The fourth-order valence-electron chi connectivity index (χ4n) is 2.35. The first kappa shape index (κ1) is 9.72. The van der Waals surface area contributed by atoms with Crippen LogP contribution in [0.15, 0.2) is 24.3 Å². The normalized spacial score (nSPS) is 19.0. The molecule has 2 rings (SSSR count). The average Bonchev–Trinajstić information content (AvgIpc) is 2.12. The van der Waals surface area contributed by atoms with Crippen LogP contribution in [0.5, 0.6) is 0 Å². The van der Waals surface area contributed by atoms with E-state index < -0.39 is 0 Å². The van der Waals surface area contributed by atoms with Gasteiger partial charge in [-0.15, -0.1) is 0 Å². The number of nitrogens with one attached hydrogen (secondary N) is 1. The summed E-state index contributed by atoms with van der Waals surface area (Å²) in [5.41, 5.74) is 2.90. The smallest absolute Gasteiger partial charge is 0.0348 e.